The first-order valence-corrected chi connectivity index (χ1v) is 9.88. The molecule has 0 bridgehead atoms. The Labute approximate surface area is 160 Å². The van der Waals surface area contributed by atoms with Crippen LogP contribution in [0.1, 0.15) is 49.4 Å². The van der Waals surface area contributed by atoms with Crippen LogP contribution in [-0.2, 0) is 6.54 Å². The lowest BCUT2D eigenvalue weighted by atomic mass is 9.94. The summed E-state index contributed by atoms with van der Waals surface area (Å²) in [6.07, 6.45) is 7.66. The standard InChI is InChI=1S/C22H26N4O/c1-3-26-21-19(15-23-26)18(14-20(24-21)16-10-6-4-7-11-16)22(27)25(2)17-12-8-5-9-13-17/h4,6-7,10-11,14-15,17H,3,5,8-9,12-13H2,1-2H3. The minimum Gasteiger partial charge on any atom is -0.339 e. The molecule has 1 aliphatic carbocycles. The van der Waals surface area contributed by atoms with Gasteiger partial charge in [0.05, 0.1) is 22.8 Å². The van der Waals surface area contributed by atoms with E-state index in [1.165, 1.54) is 19.3 Å². The van der Waals surface area contributed by atoms with Crippen LogP contribution in [0.5, 0.6) is 0 Å². The van der Waals surface area contributed by atoms with Gasteiger partial charge in [-0.05, 0) is 25.8 Å². The summed E-state index contributed by atoms with van der Waals surface area (Å²) in [5.41, 5.74) is 3.31. The smallest absolute Gasteiger partial charge is 0.254 e. The highest BCUT2D eigenvalue weighted by Gasteiger charge is 2.26. The molecule has 1 aliphatic rings. The fourth-order valence-corrected chi connectivity index (χ4v) is 4.04. The van der Waals surface area contributed by atoms with Gasteiger partial charge in [0.1, 0.15) is 0 Å². The first-order valence-electron chi connectivity index (χ1n) is 9.88. The average Bonchev–Trinajstić information content (AvgIpc) is 3.16. The molecule has 4 rings (SSSR count). The summed E-state index contributed by atoms with van der Waals surface area (Å²) in [4.78, 5) is 20.2. The number of benzene rings is 1. The normalized spacial score (nSPS) is 15.2. The fraction of sp³-hybridized carbons (Fsp3) is 0.409. The van der Waals surface area contributed by atoms with E-state index in [-0.39, 0.29) is 5.91 Å². The molecule has 2 aromatic heterocycles. The van der Waals surface area contributed by atoms with Crippen molar-refractivity contribution in [3.63, 3.8) is 0 Å². The molecule has 0 spiro atoms. The largest absolute Gasteiger partial charge is 0.339 e. The maximum absolute atomic E-state index is 13.4. The summed E-state index contributed by atoms with van der Waals surface area (Å²) in [7, 11) is 1.94. The Kier molecular flexibility index (Phi) is 4.92. The number of hydrogen-bond donors (Lipinski definition) is 0. The van der Waals surface area contributed by atoms with Crippen LogP contribution in [0.4, 0.5) is 0 Å². The number of carbonyl (C=O) groups is 1. The summed E-state index contributed by atoms with van der Waals surface area (Å²) in [6.45, 7) is 2.76. The number of aryl methyl sites for hydroxylation is 1. The highest BCUT2D eigenvalue weighted by molar-refractivity contribution is 6.06. The minimum absolute atomic E-state index is 0.0714. The first kappa shape index (κ1) is 17.7. The van der Waals surface area contributed by atoms with Crippen LogP contribution in [0.25, 0.3) is 22.3 Å². The van der Waals surface area contributed by atoms with Crippen molar-refractivity contribution in [2.45, 2.75) is 51.6 Å². The van der Waals surface area contributed by atoms with Crippen LogP contribution in [-0.4, -0.2) is 38.7 Å². The number of hydrogen-bond acceptors (Lipinski definition) is 3. The molecule has 2 heterocycles. The molecule has 1 saturated carbocycles. The van der Waals surface area contributed by atoms with Crippen LogP contribution in [0.15, 0.2) is 42.6 Å². The third-order valence-corrected chi connectivity index (χ3v) is 5.65. The molecular weight excluding hydrogens is 336 g/mol. The van der Waals surface area contributed by atoms with Gasteiger partial charge in [-0.2, -0.15) is 5.10 Å². The highest BCUT2D eigenvalue weighted by atomic mass is 16.2. The van der Waals surface area contributed by atoms with Crippen molar-refractivity contribution in [3.8, 4) is 11.3 Å². The molecule has 0 aliphatic heterocycles. The van der Waals surface area contributed by atoms with Gasteiger partial charge in [0, 0.05) is 25.2 Å². The molecule has 5 nitrogen and oxygen atoms in total. The van der Waals surface area contributed by atoms with Crippen molar-refractivity contribution in [1.82, 2.24) is 19.7 Å². The lowest BCUT2D eigenvalue weighted by molar-refractivity contribution is 0.0698. The van der Waals surface area contributed by atoms with E-state index in [9.17, 15) is 4.79 Å². The molecule has 5 heteroatoms. The third-order valence-electron chi connectivity index (χ3n) is 5.65. The van der Waals surface area contributed by atoms with E-state index in [4.69, 9.17) is 4.98 Å². The Balaban J connectivity index is 1.80. The summed E-state index contributed by atoms with van der Waals surface area (Å²) >= 11 is 0. The zero-order valence-corrected chi connectivity index (χ0v) is 16.1. The van der Waals surface area contributed by atoms with Crippen molar-refractivity contribution in [1.29, 1.82) is 0 Å². The Morgan fingerprint density at radius 2 is 1.93 bits per heavy atom. The maximum Gasteiger partial charge on any atom is 0.254 e. The number of pyridine rings is 1. The van der Waals surface area contributed by atoms with Crippen LogP contribution >= 0.6 is 0 Å². The van der Waals surface area contributed by atoms with E-state index in [0.717, 1.165) is 41.7 Å². The number of carbonyl (C=O) groups excluding carboxylic acids is 1. The molecule has 0 saturated heterocycles. The SMILES string of the molecule is CCn1ncc2c(C(=O)N(C)C3CCCCC3)cc(-c3ccccc3)nc21. The minimum atomic E-state index is 0.0714. The molecule has 3 aromatic rings. The van der Waals surface area contributed by atoms with Crippen molar-refractivity contribution < 1.29 is 4.79 Å². The van der Waals surface area contributed by atoms with Gasteiger partial charge < -0.3 is 4.90 Å². The molecular formula is C22H26N4O. The molecule has 1 amide bonds. The number of amides is 1. The second-order valence-electron chi connectivity index (χ2n) is 7.33. The zero-order valence-electron chi connectivity index (χ0n) is 16.1. The van der Waals surface area contributed by atoms with Gasteiger partial charge in [-0.15, -0.1) is 0 Å². The van der Waals surface area contributed by atoms with E-state index < -0.39 is 0 Å². The lowest BCUT2D eigenvalue weighted by Crippen LogP contribution is -2.38. The molecule has 27 heavy (non-hydrogen) atoms. The van der Waals surface area contributed by atoms with Gasteiger partial charge in [0.2, 0.25) is 0 Å². The highest BCUT2D eigenvalue weighted by Crippen LogP contribution is 2.28. The molecule has 140 valence electrons. The van der Waals surface area contributed by atoms with Crippen LogP contribution in [0.3, 0.4) is 0 Å². The molecule has 1 aromatic carbocycles. The molecule has 0 unspecified atom stereocenters. The molecule has 0 atom stereocenters. The van der Waals surface area contributed by atoms with E-state index in [0.29, 0.717) is 11.6 Å². The monoisotopic (exact) mass is 362 g/mol. The Hall–Kier alpha value is -2.69. The Morgan fingerprint density at radius 3 is 2.63 bits per heavy atom. The van der Waals surface area contributed by atoms with Crippen molar-refractivity contribution >= 4 is 16.9 Å². The van der Waals surface area contributed by atoms with E-state index in [2.05, 4.69) is 5.10 Å². The fourth-order valence-electron chi connectivity index (χ4n) is 4.04. The summed E-state index contributed by atoms with van der Waals surface area (Å²) in [5.74, 6) is 0.0714. The molecule has 0 radical (unpaired) electrons. The predicted octanol–water partition coefficient (Wildman–Crippen LogP) is 4.52. The quantitative estimate of drug-likeness (QED) is 0.685. The van der Waals surface area contributed by atoms with Gasteiger partial charge >= 0.3 is 0 Å². The number of aromatic nitrogens is 3. The van der Waals surface area contributed by atoms with Gasteiger partial charge in [-0.25, -0.2) is 9.67 Å². The Bertz CT molecular complexity index is 942. The van der Waals surface area contributed by atoms with Crippen molar-refractivity contribution in [3.05, 3.63) is 48.2 Å². The Morgan fingerprint density at radius 1 is 1.19 bits per heavy atom. The summed E-state index contributed by atoms with van der Waals surface area (Å²) in [6, 6.07) is 12.3. The van der Waals surface area contributed by atoms with Crippen LogP contribution < -0.4 is 0 Å². The number of fused-ring (bicyclic) bond motifs is 1. The second-order valence-corrected chi connectivity index (χ2v) is 7.33. The van der Waals surface area contributed by atoms with Crippen molar-refractivity contribution in [2.75, 3.05) is 7.05 Å². The van der Waals surface area contributed by atoms with Crippen molar-refractivity contribution in [2.24, 2.45) is 0 Å². The summed E-state index contributed by atoms with van der Waals surface area (Å²) in [5, 5.41) is 5.28. The third kappa shape index (κ3) is 3.34. The van der Waals surface area contributed by atoms with Gasteiger partial charge in [0.25, 0.3) is 5.91 Å². The van der Waals surface area contributed by atoms with Gasteiger partial charge in [0.15, 0.2) is 5.65 Å². The van der Waals surface area contributed by atoms with Gasteiger partial charge in [-0.1, -0.05) is 49.6 Å². The molecule has 1 fully saturated rings. The van der Waals surface area contributed by atoms with Crippen LogP contribution in [0.2, 0.25) is 0 Å². The average molecular weight is 362 g/mol. The number of rotatable bonds is 4. The maximum atomic E-state index is 13.4. The van der Waals surface area contributed by atoms with E-state index in [1.807, 2.05) is 60.0 Å². The molecule has 0 N–H and O–H groups in total. The predicted molar refractivity (Wildman–Crippen MR) is 108 cm³/mol. The summed E-state index contributed by atoms with van der Waals surface area (Å²) < 4.78 is 1.86. The lowest BCUT2D eigenvalue weighted by Gasteiger charge is -2.31. The van der Waals surface area contributed by atoms with E-state index in [1.54, 1.807) is 6.20 Å². The second kappa shape index (κ2) is 7.51. The zero-order chi connectivity index (χ0) is 18.8. The topological polar surface area (TPSA) is 51.0 Å². The first-order chi connectivity index (χ1) is 13.2. The van der Waals surface area contributed by atoms with Gasteiger partial charge in [-0.3, -0.25) is 4.79 Å². The van der Waals surface area contributed by atoms with Crippen LogP contribution in [0, 0.1) is 0 Å². The van der Waals surface area contributed by atoms with E-state index >= 15 is 0 Å². The number of nitrogens with zero attached hydrogens (tertiary/aromatic N) is 4.